The number of fused-ring (bicyclic) bond motifs is 4. The van der Waals surface area contributed by atoms with E-state index in [0.29, 0.717) is 28.0 Å². The molecule has 5 heteroatoms. The Morgan fingerprint density at radius 3 is 2.44 bits per heavy atom. The van der Waals surface area contributed by atoms with Gasteiger partial charge in [0, 0.05) is 28.9 Å². The van der Waals surface area contributed by atoms with Gasteiger partial charge in [-0.3, -0.25) is 9.59 Å². The molecule has 2 heterocycles. The van der Waals surface area contributed by atoms with Gasteiger partial charge in [0.05, 0.1) is 11.3 Å². The molecule has 0 saturated heterocycles. The minimum atomic E-state index is -0.329. The normalized spacial score (nSPS) is 11.9. The summed E-state index contributed by atoms with van der Waals surface area (Å²) in [5, 5.41) is 3.65. The summed E-state index contributed by atoms with van der Waals surface area (Å²) in [5.41, 5.74) is 4.27. The van der Waals surface area contributed by atoms with E-state index in [4.69, 9.17) is 0 Å². The second-order valence-electron chi connectivity index (χ2n) is 6.29. The molecule has 0 spiro atoms. The molecule has 27 heavy (non-hydrogen) atoms. The summed E-state index contributed by atoms with van der Waals surface area (Å²) in [4.78, 5) is 34.3. The van der Waals surface area contributed by atoms with Crippen LogP contribution in [0, 0.1) is 0 Å². The first-order chi connectivity index (χ1) is 13.2. The fraction of sp³-hybridized carbons (Fsp3) is 0. The summed E-state index contributed by atoms with van der Waals surface area (Å²) in [6, 6.07) is 18.1. The summed E-state index contributed by atoms with van der Waals surface area (Å²) < 4.78 is 0. The van der Waals surface area contributed by atoms with Gasteiger partial charge in [-0.25, -0.2) is 9.97 Å². The van der Waals surface area contributed by atoms with Crippen LogP contribution in [0.3, 0.4) is 0 Å². The van der Waals surface area contributed by atoms with E-state index in [0.717, 1.165) is 16.5 Å². The minimum absolute atomic E-state index is 0.118. The summed E-state index contributed by atoms with van der Waals surface area (Å²) in [6.07, 6.45) is 3.25. The molecule has 0 radical (unpaired) electrons. The van der Waals surface area contributed by atoms with Gasteiger partial charge in [-0.05, 0) is 35.4 Å². The van der Waals surface area contributed by atoms with Crippen LogP contribution in [-0.2, 0) is 0 Å². The molecule has 5 nitrogen and oxygen atoms in total. The van der Waals surface area contributed by atoms with Crippen molar-refractivity contribution in [3.63, 3.8) is 0 Å². The van der Waals surface area contributed by atoms with Crippen LogP contribution in [0.1, 0.15) is 26.3 Å². The number of carbonyl (C=O) groups is 2. The van der Waals surface area contributed by atoms with E-state index in [9.17, 15) is 9.59 Å². The Bertz CT molecular complexity index is 1240. The number of pyridine rings is 2. The second-order valence-corrected chi connectivity index (χ2v) is 6.29. The third kappa shape index (κ3) is 2.33. The molecule has 2 aromatic heterocycles. The summed E-state index contributed by atoms with van der Waals surface area (Å²) in [7, 11) is 0. The molecular formula is C22H13N3O2. The van der Waals surface area contributed by atoms with E-state index in [2.05, 4.69) is 15.3 Å². The van der Waals surface area contributed by atoms with Gasteiger partial charge in [0.15, 0.2) is 11.4 Å². The highest BCUT2D eigenvalue weighted by Gasteiger charge is 2.30. The molecule has 1 N–H and O–H groups in total. The Hall–Kier alpha value is -3.86. The van der Waals surface area contributed by atoms with E-state index < -0.39 is 0 Å². The summed E-state index contributed by atoms with van der Waals surface area (Å²) in [5.74, 6) is -0.447. The number of hydrogen-bond donors (Lipinski definition) is 1. The number of nitrogens with zero attached hydrogens (tertiary/aromatic N) is 2. The largest absolute Gasteiger partial charge is 0.321 e. The average Bonchev–Trinajstić information content (AvgIpc) is 3.01. The predicted octanol–water partition coefficient (Wildman–Crippen LogP) is 4.09. The van der Waals surface area contributed by atoms with Crippen molar-refractivity contribution in [2.24, 2.45) is 0 Å². The zero-order chi connectivity index (χ0) is 18.4. The van der Waals surface area contributed by atoms with Crippen molar-refractivity contribution < 1.29 is 9.59 Å². The SMILES string of the molecule is O=C(Nc1ccnc2ncccc12)c1cccc2c1C(=O)c1ccccc1-2. The Morgan fingerprint density at radius 1 is 0.778 bits per heavy atom. The van der Waals surface area contributed by atoms with Crippen LogP contribution in [-0.4, -0.2) is 21.7 Å². The van der Waals surface area contributed by atoms with Gasteiger partial charge in [0.25, 0.3) is 5.91 Å². The standard InChI is InChI=1S/C22H13N3O2/c26-20-15-6-2-1-5-13(15)14-7-3-8-17(19(14)20)22(27)25-18-10-12-24-21-16(18)9-4-11-23-21/h1-12H,(H,23,24,25,27). The first-order valence-corrected chi connectivity index (χ1v) is 8.52. The third-order valence-electron chi connectivity index (χ3n) is 4.76. The molecule has 0 unspecified atom stereocenters. The monoisotopic (exact) mass is 351 g/mol. The molecule has 1 aliphatic rings. The Balaban J connectivity index is 1.59. The van der Waals surface area contributed by atoms with Crippen LogP contribution in [0.15, 0.2) is 73.1 Å². The molecular weight excluding hydrogens is 338 g/mol. The highest BCUT2D eigenvalue weighted by molar-refractivity contribution is 6.27. The van der Waals surface area contributed by atoms with Crippen LogP contribution >= 0.6 is 0 Å². The fourth-order valence-electron chi connectivity index (χ4n) is 3.54. The number of carbonyl (C=O) groups excluding carboxylic acids is 2. The lowest BCUT2D eigenvalue weighted by Gasteiger charge is -2.10. The first-order valence-electron chi connectivity index (χ1n) is 8.52. The number of ketones is 1. The smallest absolute Gasteiger partial charge is 0.256 e. The van der Waals surface area contributed by atoms with Gasteiger partial charge >= 0.3 is 0 Å². The number of hydrogen-bond acceptors (Lipinski definition) is 4. The maximum Gasteiger partial charge on any atom is 0.256 e. The number of amides is 1. The van der Waals surface area contributed by atoms with E-state index in [1.165, 1.54) is 0 Å². The molecule has 0 fully saturated rings. The second kappa shape index (κ2) is 5.85. The van der Waals surface area contributed by atoms with Crippen molar-refractivity contribution in [3.8, 4) is 11.1 Å². The van der Waals surface area contributed by atoms with Crippen molar-refractivity contribution in [2.75, 3.05) is 5.32 Å². The molecule has 1 aliphatic carbocycles. The molecule has 0 saturated carbocycles. The zero-order valence-corrected chi connectivity index (χ0v) is 14.1. The molecule has 1 amide bonds. The molecule has 2 aromatic carbocycles. The number of nitrogens with one attached hydrogen (secondary N) is 1. The van der Waals surface area contributed by atoms with Crippen molar-refractivity contribution in [3.05, 3.63) is 89.7 Å². The molecule has 4 aromatic rings. The zero-order valence-electron chi connectivity index (χ0n) is 14.1. The van der Waals surface area contributed by atoms with Gasteiger partial charge in [-0.2, -0.15) is 0 Å². The Labute approximate surface area is 154 Å². The molecule has 0 atom stereocenters. The van der Waals surface area contributed by atoms with Crippen molar-refractivity contribution >= 4 is 28.4 Å². The first kappa shape index (κ1) is 15.4. The Kier molecular flexibility index (Phi) is 3.33. The fourth-order valence-corrected chi connectivity index (χ4v) is 3.54. The van der Waals surface area contributed by atoms with E-state index in [1.807, 2.05) is 30.3 Å². The highest BCUT2D eigenvalue weighted by atomic mass is 16.2. The number of aromatic nitrogens is 2. The minimum Gasteiger partial charge on any atom is -0.321 e. The Morgan fingerprint density at radius 2 is 1.56 bits per heavy atom. The van der Waals surface area contributed by atoms with Gasteiger partial charge in [0.2, 0.25) is 0 Å². The predicted molar refractivity (Wildman–Crippen MR) is 103 cm³/mol. The van der Waals surface area contributed by atoms with E-state index in [-0.39, 0.29) is 11.7 Å². The van der Waals surface area contributed by atoms with Crippen LogP contribution < -0.4 is 5.32 Å². The highest BCUT2D eigenvalue weighted by Crippen LogP contribution is 2.38. The van der Waals surface area contributed by atoms with Crippen molar-refractivity contribution in [1.29, 1.82) is 0 Å². The number of benzene rings is 2. The van der Waals surface area contributed by atoms with Crippen LogP contribution in [0.4, 0.5) is 5.69 Å². The van der Waals surface area contributed by atoms with Crippen molar-refractivity contribution in [2.45, 2.75) is 0 Å². The lowest BCUT2D eigenvalue weighted by Crippen LogP contribution is -2.16. The molecule has 5 rings (SSSR count). The van der Waals surface area contributed by atoms with Crippen LogP contribution in [0.25, 0.3) is 22.2 Å². The van der Waals surface area contributed by atoms with E-state index in [1.54, 1.807) is 42.7 Å². The van der Waals surface area contributed by atoms with Gasteiger partial charge in [0.1, 0.15) is 0 Å². The maximum absolute atomic E-state index is 13.0. The van der Waals surface area contributed by atoms with Gasteiger partial charge in [-0.1, -0.05) is 36.4 Å². The third-order valence-corrected chi connectivity index (χ3v) is 4.76. The van der Waals surface area contributed by atoms with E-state index >= 15 is 0 Å². The topological polar surface area (TPSA) is 72.0 Å². The van der Waals surface area contributed by atoms with Crippen molar-refractivity contribution in [1.82, 2.24) is 9.97 Å². The van der Waals surface area contributed by atoms with Gasteiger partial charge in [-0.15, -0.1) is 0 Å². The lowest BCUT2D eigenvalue weighted by atomic mass is 10.00. The maximum atomic E-state index is 13.0. The van der Waals surface area contributed by atoms with Gasteiger partial charge < -0.3 is 5.32 Å². The quantitative estimate of drug-likeness (QED) is 0.520. The molecule has 0 bridgehead atoms. The average molecular weight is 351 g/mol. The summed E-state index contributed by atoms with van der Waals surface area (Å²) >= 11 is 0. The number of rotatable bonds is 2. The molecule has 128 valence electrons. The summed E-state index contributed by atoms with van der Waals surface area (Å²) in [6.45, 7) is 0. The molecule has 0 aliphatic heterocycles. The van der Waals surface area contributed by atoms with Crippen LogP contribution in [0.5, 0.6) is 0 Å². The number of anilines is 1. The van der Waals surface area contributed by atoms with Crippen LogP contribution in [0.2, 0.25) is 0 Å². The lowest BCUT2D eigenvalue weighted by molar-refractivity contribution is 0.0999.